The highest BCUT2D eigenvalue weighted by molar-refractivity contribution is 8.00. The molecule has 0 aliphatic carbocycles. The van der Waals surface area contributed by atoms with Crippen LogP contribution in [0.15, 0.2) is 58.2 Å². The van der Waals surface area contributed by atoms with Crippen LogP contribution in [0.25, 0.3) is 11.1 Å². The van der Waals surface area contributed by atoms with Crippen molar-refractivity contribution >= 4 is 34.6 Å². The molecule has 1 fully saturated rings. The molecule has 2 aromatic carbocycles. The molecule has 30 heavy (non-hydrogen) atoms. The van der Waals surface area contributed by atoms with Gasteiger partial charge in [0.25, 0.3) is 5.91 Å². The van der Waals surface area contributed by atoms with Gasteiger partial charge in [-0.05, 0) is 73.5 Å². The normalized spacial score (nSPS) is 16.2. The topological polar surface area (TPSA) is 78.6 Å². The van der Waals surface area contributed by atoms with Gasteiger partial charge in [-0.15, -0.1) is 0 Å². The van der Waals surface area contributed by atoms with Crippen LogP contribution in [0.1, 0.15) is 43.5 Å². The van der Waals surface area contributed by atoms with Crippen molar-refractivity contribution in [2.75, 3.05) is 17.8 Å². The number of para-hydroxylation sites is 1. The summed E-state index contributed by atoms with van der Waals surface area (Å²) in [6, 6.07) is 13.3. The molecule has 1 aliphatic rings. The number of amides is 1. The summed E-state index contributed by atoms with van der Waals surface area (Å²) in [4.78, 5) is 19.9. The van der Waals surface area contributed by atoms with Crippen LogP contribution in [-0.4, -0.2) is 39.6 Å². The number of piperidine rings is 1. The average Bonchev–Trinajstić information content (AvgIpc) is 3.21. The lowest BCUT2D eigenvalue weighted by Gasteiger charge is -2.39. The fourth-order valence-electron chi connectivity index (χ4n) is 4.01. The molecule has 0 spiro atoms. The first-order valence-corrected chi connectivity index (χ1v) is 11.1. The third-order valence-corrected chi connectivity index (χ3v) is 6.39. The van der Waals surface area contributed by atoms with E-state index in [9.17, 15) is 9.90 Å². The Morgan fingerprint density at radius 3 is 2.67 bits per heavy atom. The maximum Gasteiger partial charge on any atom is 0.253 e. The van der Waals surface area contributed by atoms with Crippen LogP contribution in [0.4, 0.5) is 5.69 Å². The second-order valence-corrected chi connectivity index (χ2v) is 9.20. The van der Waals surface area contributed by atoms with E-state index in [1.165, 1.54) is 18.3 Å². The van der Waals surface area contributed by atoms with E-state index in [1.54, 1.807) is 0 Å². The monoisotopic (exact) mass is 425 g/mol. The molecule has 0 saturated carbocycles. The molecule has 0 atom stereocenters. The number of aromatic nitrogens is 1. The van der Waals surface area contributed by atoms with Gasteiger partial charge >= 0.3 is 0 Å². The van der Waals surface area contributed by atoms with Crippen molar-refractivity contribution < 1.29 is 14.3 Å². The fourth-order valence-corrected chi connectivity index (χ4v) is 4.77. The van der Waals surface area contributed by atoms with Gasteiger partial charge in [0.2, 0.25) is 0 Å². The number of carbonyl (C=O) groups is 1. The maximum absolute atomic E-state index is 12.8. The molecular formula is C23H27N3O3S. The molecule has 0 unspecified atom stereocenters. The van der Waals surface area contributed by atoms with Gasteiger partial charge in [0.05, 0.1) is 10.5 Å². The van der Waals surface area contributed by atoms with Crippen molar-refractivity contribution in [3.05, 3.63) is 54.4 Å². The first-order chi connectivity index (χ1) is 14.4. The molecule has 1 aliphatic heterocycles. The van der Waals surface area contributed by atoms with E-state index < -0.39 is 5.60 Å². The largest absolute Gasteiger partial charge is 0.443 e. The summed E-state index contributed by atoms with van der Waals surface area (Å²) >= 11 is 1.46. The summed E-state index contributed by atoms with van der Waals surface area (Å²) in [6.45, 7) is 5.43. The van der Waals surface area contributed by atoms with Crippen LogP contribution < -0.4 is 4.72 Å². The SMILES string of the molecule is CC(C)CC1(O)CCN(C(=O)c2ccc(NSc3cccc4ocnc34)cc2)CC1. The lowest BCUT2D eigenvalue weighted by Crippen LogP contribution is -2.47. The molecule has 2 heterocycles. The van der Waals surface area contributed by atoms with Crippen molar-refractivity contribution in [2.45, 2.75) is 43.6 Å². The van der Waals surface area contributed by atoms with Gasteiger partial charge in [-0.3, -0.25) is 4.79 Å². The van der Waals surface area contributed by atoms with Gasteiger partial charge in [-0.1, -0.05) is 19.9 Å². The van der Waals surface area contributed by atoms with Gasteiger partial charge in [-0.2, -0.15) is 0 Å². The zero-order valence-corrected chi connectivity index (χ0v) is 18.1. The summed E-state index contributed by atoms with van der Waals surface area (Å²) in [5, 5.41) is 10.7. The molecule has 6 nitrogen and oxygen atoms in total. The number of nitrogens with one attached hydrogen (secondary N) is 1. The number of rotatable bonds is 6. The highest BCUT2D eigenvalue weighted by Gasteiger charge is 2.34. The molecule has 7 heteroatoms. The smallest absolute Gasteiger partial charge is 0.253 e. The molecule has 1 aromatic heterocycles. The number of hydrogen-bond donors (Lipinski definition) is 2. The van der Waals surface area contributed by atoms with Crippen molar-refractivity contribution in [3.8, 4) is 0 Å². The van der Waals surface area contributed by atoms with Gasteiger partial charge in [0.15, 0.2) is 12.0 Å². The van der Waals surface area contributed by atoms with Crippen LogP contribution in [0.2, 0.25) is 0 Å². The number of likely N-dealkylation sites (tertiary alicyclic amines) is 1. The standard InChI is InChI=1S/C23H27N3O3S/c1-16(2)14-23(28)10-12-26(13-11-23)22(27)17-6-8-18(9-7-17)25-30-20-5-3-4-19-21(20)24-15-29-19/h3-9,15-16,25,28H,10-14H2,1-2H3. The molecule has 3 aromatic rings. The van der Waals surface area contributed by atoms with E-state index in [2.05, 4.69) is 23.6 Å². The van der Waals surface area contributed by atoms with Crippen molar-refractivity contribution in [3.63, 3.8) is 0 Å². The second kappa shape index (κ2) is 8.70. The Hall–Kier alpha value is -2.51. The molecule has 0 radical (unpaired) electrons. The number of oxazole rings is 1. The summed E-state index contributed by atoms with van der Waals surface area (Å²) < 4.78 is 8.63. The van der Waals surface area contributed by atoms with E-state index in [0.29, 0.717) is 37.4 Å². The zero-order chi connectivity index (χ0) is 21.1. The zero-order valence-electron chi connectivity index (χ0n) is 17.3. The maximum atomic E-state index is 12.8. The molecule has 158 valence electrons. The molecule has 0 bridgehead atoms. The third-order valence-electron chi connectivity index (χ3n) is 5.50. The number of fused-ring (bicyclic) bond motifs is 1. The minimum atomic E-state index is -0.636. The van der Waals surface area contributed by atoms with E-state index in [4.69, 9.17) is 4.42 Å². The predicted molar refractivity (Wildman–Crippen MR) is 119 cm³/mol. The molecule has 1 saturated heterocycles. The quantitative estimate of drug-likeness (QED) is 0.544. The van der Waals surface area contributed by atoms with Crippen molar-refractivity contribution in [2.24, 2.45) is 5.92 Å². The highest BCUT2D eigenvalue weighted by atomic mass is 32.2. The van der Waals surface area contributed by atoms with E-state index in [1.807, 2.05) is 47.4 Å². The van der Waals surface area contributed by atoms with Crippen LogP contribution in [0, 0.1) is 5.92 Å². The number of nitrogens with zero attached hydrogens (tertiary/aromatic N) is 2. The first kappa shape index (κ1) is 20.8. The lowest BCUT2D eigenvalue weighted by molar-refractivity contribution is -0.0311. The van der Waals surface area contributed by atoms with Gasteiger partial charge in [-0.25, -0.2) is 4.98 Å². The van der Waals surface area contributed by atoms with Crippen molar-refractivity contribution in [1.82, 2.24) is 9.88 Å². The van der Waals surface area contributed by atoms with Gasteiger partial charge in [0.1, 0.15) is 5.52 Å². The number of benzene rings is 2. The molecule has 1 amide bonds. The lowest BCUT2D eigenvalue weighted by atomic mass is 9.84. The average molecular weight is 426 g/mol. The first-order valence-electron chi connectivity index (χ1n) is 10.3. The van der Waals surface area contributed by atoms with Gasteiger partial charge in [0, 0.05) is 24.3 Å². The minimum Gasteiger partial charge on any atom is -0.443 e. The van der Waals surface area contributed by atoms with E-state index >= 15 is 0 Å². The second-order valence-electron chi connectivity index (χ2n) is 8.35. The molecule has 4 rings (SSSR count). The molecular weight excluding hydrogens is 398 g/mol. The molecule has 2 N–H and O–H groups in total. The Bertz CT molecular complexity index is 1010. The fraction of sp³-hybridized carbons (Fsp3) is 0.391. The van der Waals surface area contributed by atoms with E-state index in [0.717, 1.165) is 28.1 Å². The highest BCUT2D eigenvalue weighted by Crippen LogP contribution is 2.30. The summed E-state index contributed by atoms with van der Waals surface area (Å²) in [5.41, 5.74) is 2.51. The number of aliphatic hydroxyl groups is 1. The minimum absolute atomic E-state index is 0.0214. The predicted octanol–water partition coefficient (Wildman–Crippen LogP) is 4.96. The Balaban J connectivity index is 1.34. The van der Waals surface area contributed by atoms with Crippen LogP contribution in [-0.2, 0) is 0 Å². The number of hydrogen-bond acceptors (Lipinski definition) is 6. The Labute approximate surface area is 180 Å². The van der Waals surface area contributed by atoms with Crippen LogP contribution >= 0.6 is 11.9 Å². The Morgan fingerprint density at radius 2 is 1.97 bits per heavy atom. The van der Waals surface area contributed by atoms with E-state index in [-0.39, 0.29) is 5.91 Å². The summed E-state index contributed by atoms with van der Waals surface area (Å²) in [6.07, 6.45) is 3.51. The summed E-state index contributed by atoms with van der Waals surface area (Å²) in [5.74, 6) is 0.472. The van der Waals surface area contributed by atoms with Crippen molar-refractivity contribution in [1.29, 1.82) is 0 Å². The van der Waals surface area contributed by atoms with Crippen LogP contribution in [0.5, 0.6) is 0 Å². The Kier molecular flexibility index (Phi) is 6.01. The number of anilines is 1. The third kappa shape index (κ3) is 4.63. The Morgan fingerprint density at radius 1 is 1.23 bits per heavy atom. The summed E-state index contributed by atoms with van der Waals surface area (Å²) in [7, 11) is 0. The van der Waals surface area contributed by atoms with Gasteiger partial charge < -0.3 is 19.1 Å². The van der Waals surface area contributed by atoms with Crippen LogP contribution in [0.3, 0.4) is 0 Å². The number of carbonyl (C=O) groups excluding carboxylic acids is 1.